The SMILES string of the molecule is CN(Cc1ccc(N(C)C)cc1)C(=O)CSc1nc(C2CC2)nc2c1c(=O)[nH]c(=O)n2C1CC1. The van der Waals surface area contributed by atoms with Gasteiger partial charge in [-0.3, -0.25) is 19.1 Å². The number of thioether (sulfide) groups is 1. The second kappa shape index (κ2) is 8.90. The first-order valence-corrected chi connectivity index (χ1v) is 12.5. The van der Waals surface area contributed by atoms with E-state index in [-0.39, 0.29) is 23.6 Å². The normalized spacial score (nSPS) is 15.5. The Bertz CT molecular complexity index is 1360. The summed E-state index contributed by atoms with van der Waals surface area (Å²) < 4.78 is 1.60. The number of hydrogen-bond acceptors (Lipinski definition) is 7. The minimum atomic E-state index is -0.497. The molecule has 5 rings (SSSR count). The molecule has 2 saturated carbocycles. The molecule has 34 heavy (non-hydrogen) atoms. The number of fused-ring (bicyclic) bond motifs is 1. The lowest BCUT2D eigenvalue weighted by molar-refractivity contribution is -0.127. The van der Waals surface area contributed by atoms with E-state index in [0.717, 1.165) is 36.9 Å². The summed E-state index contributed by atoms with van der Waals surface area (Å²) in [5, 5.41) is 0.773. The highest BCUT2D eigenvalue weighted by atomic mass is 32.2. The van der Waals surface area contributed by atoms with Crippen LogP contribution in [0.2, 0.25) is 0 Å². The molecule has 0 spiro atoms. The summed E-state index contributed by atoms with van der Waals surface area (Å²) in [4.78, 5) is 53.6. The van der Waals surface area contributed by atoms with Gasteiger partial charge < -0.3 is 9.80 Å². The van der Waals surface area contributed by atoms with Crippen LogP contribution in [-0.4, -0.2) is 57.2 Å². The Labute approximate surface area is 201 Å². The maximum atomic E-state index is 12.9. The van der Waals surface area contributed by atoms with Gasteiger partial charge in [-0.1, -0.05) is 23.9 Å². The molecule has 0 bridgehead atoms. The smallest absolute Gasteiger partial charge is 0.330 e. The summed E-state index contributed by atoms with van der Waals surface area (Å²) in [6, 6.07) is 8.16. The Hall–Kier alpha value is -3.14. The lowest BCUT2D eigenvalue weighted by Crippen LogP contribution is -2.31. The number of H-pyrrole nitrogens is 1. The largest absolute Gasteiger partial charge is 0.378 e. The number of aromatic nitrogens is 4. The maximum absolute atomic E-state index is 12.9. The van der Waals surface area contributed by atoms with Crippen LogP contribution in [-0.2, 0) is 11.3 Å². The number of rotatable bonds is 8. The molecule has 0 atom stereocenters. The van der Waals surface area contributed by atoms with Crippen molar-refractivity contribution in [3.05, 3.63) is 56.5 Å². The zero-order valence-corrected chi connectivity index (χ0v) is 20.4. The van der Waals surface area contributed by atoms with E-state index in [9.17, 15) is 14.4 Å². The number of aromatic amines is 1. The number of benzene rings is 1. The van der Waals surface area contributed by atoms with Crippen LogP contribution in [0.4, 0.5) is 5.69 Å². The van der Waals surface area contributed by atoms with E-state index in [2.05, 4.69) is 15.0 Å². The summed E-state index contributed by atoms with van der Waals surface area (Å²) in [5.41, 5.74) is 1.62. The third kappa shape index (κ3) is 4.59. The van der Waals surface area contributed by atoms with Crippen molar-refractivity contribution in [2.24, 2.45) is 0 Å². The number of anilines is 1. The average Bonchev–Trinajstić information content (AvgIpc) is 3.70. The van der Waals surface area contributed by atoms with Crippen molar-refractivity contribution >= 4 is 34.4 Å². The van der Waals surface area contributed by atoms with Crippen LogP contribution >= 0.6 is 11.8 Å². The summed E-state index contributed by atoms with van der Waals surface area (Å²) in [6.07, 6.45) is 3.79. The Kier molecular flexibility index (Phi) is 5.93. The van der Waals surface area contributed by atoms with Gasteiger partial charge in [0.05, 0.1) is 5.75 Å². The van der Waals surface area contributed by atoms with Crippen molar-refractivity contribution in [3.8, 4) is 0 Å². The van der Waals surface area contributed by atoms with Crippen molar-refractivity contribution in [1.29, 1.82) is 0 Å². The number of nitrogens with one attached hydrogen (secondary N) is 1. The summed E-state index contributed by atoms with van der Waals surface area (Å²) >= 11 is 1.24. The van der Waals surface area contributed by atoms with E-state index in [0.29, 0.717) is 28.4 Å². The molecule has 2 aliphatic carbocycles. The Morgan fingerprint density at radius 2 is 1.79 bits per heavy atom. The molecule has 0 saturated heterocycles. The Morgan fingerprint density at radius 1 is 1.09 bits per heavy atom. The zero-order valence-electron chi connectivity index (χ0n) is 19.6. The van der Waals surface area contributed by atoms with Crippen molar-refractivity contribution < 1.29 is 4.79 Å². The number of nitrogens with zero attached hydrogens (tertiary/aromatic N) is 5. The van der Waals surface area contributed by atoms with Crippen molar-refractivity contribution in [3.63, 3.8) is 0 Å². The molecule has 1 aromatic carbocycles. The van der Waals surface area contributed by atoms with E-state index in [4.69, 9.17) is 0 Å². The molecule has 2 fully saturated rings. The van der Waals surface area contributed by atoms with E-state index in [1.54, 1.807) is 16.5 Å². The Balaban J connectivity index is 1.38. The van der Waals surface area contributed by atoms with E-state index in [1.165, 1.54) is 11.8 Å². The first kappa shape index (κ1) is 22.6. The maximum Gasteiger partial charge on any atom is 0.330 e. The highest BCUT2D eigenvalue weighted by molar-refractivity contribution is 8.00. The standard InChI is InChI=1S/C24H28N6O3S/c1-28(2)16-8-4-14(5-9-16)12-29(3)18(31)13-34-23-19-21(25-20(26-23)15-6-7-15)30(17-10-11-17)24(33)27-22(19)32/h4-5,8-9,15,17H,6-7,10-13H2,1-3H3,(H,27,32,33). The monoisotopic (exact) mass is 480 g/mol. The molecule has 10 heteroatoms. The molecule has 2 heterocycles. The lowest BCUT2D eigenvalue weighted by atomic mass is 10.2. The van der Waals surface area contributed by atoms with Crippen LogP contribution in [0.3, 0.4) is 0 Å². The third-order valence-electron chi connectivity index (χ3n) is 6.25. The predicted molar refractivity (Wildman–Crippen MR) is 133 cm³/mol. The number of carbonyl (C=O) groups excluding carboxylic acids is 1. The highest BCUT2D eigenvalue weighted by Gasteiger charge is 2.32. The molecule has 178 valence electrons. The minimum absolute atomic E-state index is 0.0617. The molecule has 0 radical (unpaired) electrons. The number of hydrogen-bond donors (Lipinski definition) is 1. The van der Waals surface area contributed by atoms with Gasteiger partial charge in [0.15, 0.2) is 5.65 Å². The summed E-state index contributed by atoms with van der Waals surface area (Å²) in [6.45, 7) is 0.493. The highest BCUT2D eigenvalue weighted by Crippen LogP contribution is 2.40. The van der Waals surface area contributed by atoms with Crippen LogP contribution in [0.1, 0.15) is 49.0 Å². The van der Waals surface area contributed by atoms with E-state index < -0.39 is 11.2 Å². The Morgan fingerprint density at radius 3 is 2.41 bits per heavy atom. The van der Waals surface area contributed by atoms with Crippen molar-refractivity contribution in [2.75, 3.05) is 31.8 Å². The van der Waals surface area contributed by atoms with Crippen molar-refractivity contribution in [2.45, 2.75) is 49.2 Å². The van der Waals surface area contributed by atoms with Crippen LogP contribution in [0.15, 0.2) is 38.9 Å². The third-order valence-corrected chi connectivity index (χ3v) is 7.21. The number of carbonyl (C=O) groups is 1. The van der Waals surface area contributed by atoms with Gasteiger partial charge >= 0.3 is 5.69 Å². The van der Waals surface area contributed by atoms with Crippen LogP contribution < -0.4 is 16.1 Å². The summed E-state index contributed by atoms with van der Waals surface area (Å²) in [5.74, 6) is 1.00. The number of amides is 1. The molecule has 1 N–H and O–H groups in total. The fraction of sp³-hybridized carbons (Fsp3) is 0.458. The second-order valence-corrected chi connectivity index (χ2v) is 10.3. The molecular formula is C24H28N6O3S. The van der Waals surface area contributed by atoms with Gasteiger partial charge in [0, 0.05) is 45.3 Å². The topological polar surface area (TPSA) is 104 Å². The van der Waals surface area contributed by atoms with E-state index >= 15 is 0 Å². The minimum Gasteiger partial charge on any atom is -0.378 e. The predicted octanol–water partition coefficient (Wildman–Crippen LogP) is 2.51. The molecule has 2 aliphatic rings. The quantitative estimate of drug-likeness (QED) is 0.390. The van der Waals surface area contributed by atoms with Crippen LogP contribution in [0.25, 0.3) is 11.0 Å². The molecule has 9 nitrogen and oxygen atoms in total. The van der Waals surface area contributed by atoms with Crippen molar-refractivity contribution in [1.82, 2.24) is 24.4 Å². The molecule has 0 aliphatic heterocycles. The fourth-order valence-electron chi connectivity index (χ4n) is 3.94. The average molecular weight is 481 g/mol. The fourth-order valence-corrected chi connectivity index (χ4v) is 4.90. The zero-order chi connectivity index (χ0) is 24.0. The molecule has 1 amide bonds. The van der Waals surface area contributed by atoms with Crippen LogP contribution in [0, 0.1) is 0 Å². The van der Waals surface area contributed by atoms with Crippen LogP contribution in [0.5, 0.6) is 0 Å². The van der Waals surface area contributed by atoms with Gasteiger partial charge in [-0.05, 0) is 43.4 Å². The van der Waals surface area contributed by atoms with E-state index in [1.807, 2.05) is 43.3 Å². The molecular weight excluding hydrogens is 452 g/mol. The first-order valence-electron chi connectivity index (χ1n) is 11.5. The second-order valence-electron chi connectivity index (χ2n) is 9.32. The van der Waals surface area contributed by atoms with Gasteiger partial charge in [-0.2, -0.15) is 0 Å². The first-order chi connectivity index (χ1) is 16.3. The van der Waals surface area contributed by atoms with Gasteiger partial charge in [0.25, 0.3) is 5.56 Å². The van der Waals surface area contributed by atoms with Gasteiger partial charge in [-0.15, -0.1) is 0 Å². The van der Waals surface area contributed by atoms with Gasteiger partial charge in [0.1, 0.15) is 16.2 Å². The van der Waals surface area contributed by atoms with Gasteiger partial charge in [-0.25, -0.2) is 14.8 Å². The van der Waals surface area contributed by atoms with Gasteiger partial charge in [0.2, 0.25) is 5.91 Å². The molecule has 2 aromatic heterocycles. The summed E-state index contributed by atoms with van der Waals surface area (Å²) in [7, 11) is 5.75. The molecule has 3 aromatic rings. The molecule has 0 unspecified atom stereocenters. The lowest BCUT2D eigenvalue weighted by Gasteiger charge is -2.18.